The molecule has 0 spiro atoms. The van der Waals surface area contributed by atoms with Gasteiger partial charge in [0.2, 0.25) is 0 Å². The Labute approximate surface area is 150 Å². The van der Waals surface area contributed by atoms with E-state index in [9.17, 15) is 15.0 Å². The van der Waals surface area contributed by atoms with Crippen LogP contribution in [0.15, 0.2) is 42.7 Å². The molecule has 2 heterocycles. The Morgan fingerprint density at radius 1 is 1.32 bits per heavy atom. The summed E-state index contributed by atoms with van der Waals surface area (Å²) in [5.41, 5.74) is 1.37. The highest BCUT2D eigenvalue weighted by Crippen LogP contribution is 2.25. The van der Waals surface area contributed by atoms with Gasteiger partial charge >= 0.3 is 0 Å². The van der Waals surface area contributed by atoms with E-state index in [-0.39, 0.29) is 18.8 Å². The summed E-state index contributed by atoms with van der Waals surface area (Å²) in [5.74, 6) is -0.0673. The van der Waals surface area contributed by atoms with Crippen LogP contribution in [-0.4, -0.2) is 32.2 Å². The van der Waals surface area contributed by atoms with Crippen LogP contribution in [0.3, 0.4) is 0 Å². The number of nitrogens with zero attached hydrogens (tertiary/aromatic N) is 2. The lowest BCUT2D eigenvalue weighted by Gasteiger charge is -2.20. The van der Waals surface area contributed by atoms with Crippen molar-refractivity contribution in [3.05, 3.63) is 64.6 Å². The van der Waals surface area contributed by atoms with E-state index in [1.54, 1.807) is 30.5 Å². The number of Topliss-reactive ketones (excluding diaryl/α,β-unsaturated/α-hetero) is 1. The maximum atomic E-state index is 12.5. The van der Waals surface area contributed by atoms with Crippen molar-refractivity contribution >= 4 is 28.3 Å². The lowest BCUT2D eigenvalue weighted by atomic mass is 9.95. The van der Waals surface area contributed by atoms with E-state index in [1.165, 1.54) is 6.92 Å². The van der Waals surface area contributed by atoms with Crippen molar-refractivity contribution < 1.29 is 15.0 Å². The van der Waals surface area contributed by atoms with Crippen LogP contribution in [0.1, 0.15) is 28.5 Å². The molecule has 25 heavy (non-hydrogen) atoms. The van der Waals surface area contributed by atoms with E-state index in [4.69, 9.17) is 11.6 Å². The summed E-state index contributed by atoms with van der Waals surface area (Å²) in [7, 11) is 1.89. The van der Waals surface area contributed by atoms with Gasteiger partial charge in [-0.3, -0.25) is 9.78 Å². The number of aliphatic hydroxyl groups excluding tert-OH is 1. The van der Waals surface area contributed by atoms with Gasteiger partial charge in [-0.1, -0.05) is 35.9 Å². The number of benzene rings is 1. The summed E-state index contributed by atoms with van der Waals surface area (Å²) < 4.78 is 1.90. The molecule has 1 atom stereocenters. The fourth-order valence-corrected chi connectivity index (χ4v) is 3.03. The highest BCUT2D eigenvalue weighted by molar-refractivity contribution is 6.35. The first kappa shape index (κ1) is 17.6. The quantitative estimate of drug-likeness (QED) is 0.688. The molecule has 3 aromatic rings. The molecule has 5 nitrogen and oxygen atoms in total. The monoisotopic (exact) mass is 358 g/mol. The number of fused-ring (bicyclic) bond motifs is 1. The molecular formula is C19H19ClN2O3. The molecule has 0 amide bonds. The maximum absolute atomic E-state index is 12.5. The summed E-state index contributed by atoms with van der Waals surface area (Å²) >= 11 is 6.13. The third kappa shape index (κ3) is 3.44. The van der Waals surface area contributed by atoms with Gasteiger partial charge in [0.1, 0.15) is 5.60 Å². The van der Waals surface area contributed by atoms with Gasteiger partial charge in [-0.25, -0.2) is 0 Å². The second-order valence-electron chi connectivity index (χ2n) is 6.39. The van der Waals surface area contributed by atoms with Crippen molar-refractivity contribution in [3.63, 3.8) is 0 Å². The first-order valence-electron chi connectivity index (χ1n) is 7.88. The molecular weight excluding hydrogens is 340 g/mol. The Kier molecular flexibility index (Phi) is 4.64. The number of hydrogen-bond donors (Lipinski definition) is 2. The SMILES string of the molecule is Cn1cc(Cl)c2cnc(CC(=O)c3ccc([C@](C)(O)CO)cc3)cc21. The molecule has 0 saturated heterocycles. The summed E-state index contributed by atoms with van der Waals surface area (Å²) in [6.07, 6.45) is 3.67. The van der Waals surface area contributed by atoms with Gasteiger partial charge in [0.05, 0.1) is 29.3 Å². The summed E-state index contributed by atoms with van der Waals surface area (Å²) in [4.78, 5) is 16.8. The standard InChI is InChI=1S/C19H19ClN2O3/c1-19(25,11-23)13-5-3-12(4-6-13)18(24)8-14-7-17-15(9-21-14)16(20)10-22(17)2/h3-7,9-10,23,25H,8,11H2,1-2H3/t19-/m1/s1. The van der Waals surface area contributed by atoms with Gasteiger partial charge in [-0.15, -0.1) is 0 Å². The zero-order valence-corrected chi connectivity index (χ0v) is 14.8. The van der Waals surface area contributed by atoms with Crippen molar-refractivity contribution in [2.75, 3.05) is 6.61 Å². The van der Waals surface area contributed by atoms with Gasteiger partial charge in [-0.05, 0) is 18.6 Å². The fourth-order valence-electron chi connectivity index (χ4n) is 2.74. The molecule has 0 aliphatic rings. The molecule has 3 rings (SSSR count). The van der Waals surface area contributed by atoms with Crippen molar-refractivity contribution in [3.8, 4) is 0 Å². The minimum absolute atomic E-state index is 0.0673. The van der Waals surface area contributed by atoms with E-state index < -0.39 is 5.60 Å². The van der Waals surface area contributed by atoms with Crippen molar-refractivity contribution in [1.29, 1.82) is 0 Å². The first-order valence-corrected chi connectivity index (χ1v) is 8.26. The third-order valence-electron chi connectivity index (χ3n) is 4.36. The second kappa shape index (κ2) is 6.59. The number of carbonyl (C=O) groups is 1. The van der Waals surface area contributed by atoms with E-state index in [0.29, 0.717) is 21.8 Å². The zero-order valence-electron chi connectivity index (χ0n) is 14.0. The molecule has 0 fully saturated rings. The molecule has 0 aliphatic heterocycles. The van der Waals surface area contributed by atoms with Crippen LogP contribution in [0, 0.1) is 0 Å². The largest absolute Gasteiger partial charge is 0.393 e. The Bertz CT molecular complexity index is 930. The average molecular weight is 359 g/mol. The Morgan fingerprint density at radius 3 is 2.64 bits per heavy atom. The molecule has 2 N–H and O–H groups in total. The molecule has 1 aromatic carbocycles. The van der Waals surface area contributed by atoms with Gasteiger partial charge in [0.25, 0.3) is 0 Å². The first-order chi connectivity index (χ1) is 11.8. The topological polar surface area (TPSA) is 75.4 Å². The number of halogens is 1. The van der Waals surface area contributed by atoms with Crippen molar-refractivity contribution in [1.82, 2.24) is 9.55 Å². The number of aromatic nitrogens is 2. The Hall–Kier alpha value is -2.21. The number of ketones is 1. The summed E-state index contributed by atoms with van der Waals surface area (Å²) in [6.45, 7) is 1.14. The molecule has 0 aliphatic carbocycles. The normalized spacial score (nSPS) is 13.8. The molecule has 2 aromatic heterocycles. The smallest absolute Gasteiger partial charge is 0.168 e. The van der Waals surface area contributed by atoms with Crippen LogP contribution < -0.4 is 0 Å². The number of carbonyl (C=O) groups excluding carboxylic acids is 1. The maximum Gasteiger partial charge on any atom is 0.168 e. The number of rotatable bonds is 5. The molecule has 0 unspecified atom stereocenters. The van der Waals surface area contributed by atoms with E-state index in [2.05, 4.69) is 4.98 Å². The van der Waals surface area contributed by atoms with Crippen LogP contribution in [0.5, 0.6) is 0 Å². The third-order valence-corrected chi connectivity index (χ3v) is 4.66. The average Bonchev–Trinajstić information content (AvgIpc) is 2.89. The van der Waals surface area contributed by atoms with Crippen LogP contribution >= 0.6 is 11.6 Å². The zero-order chi connectivity index (χ0) is 18.2. The minimum Gasteiger partial charge on any atom is -0.393 e. The van der Waals surface area contributed by atoms with E-state index in [0.717, 1.165) is 10.9 Å². The van der Waals surface area contributed by atoms with Crippen LogP contribution in [-0.2, 0) is 19.1 Å². The van der Waals surface area contributed by atoms with Crippen LogP contribution in [0.4, 0.5) is 0 Å². The molecule has 0 radical (unpaired) electrons. The van der Waals surface area contributed by atoms with Gasteiger partial charge in [0.15, 0.2) is 5.78 Å². The fraction of sp³-hybridized carbons (Fsp3) is 0.263. The van der Waals surface area contributed by atoms with Gasteiger partial charge < -0.3 is 14.8 Å². The highest BCUT2D eigenvalue weighted by Gasteiger charge is 2.22. The summed E-state index contributed by atoms with van der Waals surface area (Å²) in [5, 5.41) is 20.7. The van der Waals surface area contributed by atoms with Crippen LogP contribution in [0.2, 0.25) is 5.02 Å². The van der Waals surface area contributed by atoms with Gasteiger partial charge in [-0.2, -0.15) is 0 Å². The van der Waals surface area contributed by atoms with Crippen molar-refractivity contribution in [2.24, 2.45) is 7.05 Å². The Morgan fingerprint density at radius 2 is 2.00 bits per heavy atom. The van der Waals surface area contributed by atoms with Crippen LogP contribution in [0.25, 0.3) is 10.9 Å². The Balaban J connectivity index is 1.81. The number of hydrogen-bond acceptors (Lipinski definition) is 4. The molecule has 0 bridgehead atoms. The minimum atomic E-state index is -1.32. The lowest BCUT2D eigenvalue weighted by molar-refractivity contribution is -0.00229. The predicted octanol–water partition coefficient (Wildman–Crippen LogP) is 2.85. The molecule has 6 heteroatoms. The number of aliphatic hydroxyl groups is 2. The summed E-state index contributed by atoms with van der Waals surface area (Å²) in [6, 6.07) is 8.47. The predicted molar refractivity (Wildman–Crippen MR) is 96.9 cm³/mol. The highest BCUT2D eigenvalue weighted by atomic mass is 35.5. The lowest BCUT2D eigenvalue weighted by Crippen LogP contribution is -2.25. The molecule has 0 saturated carbocycles. The van der Waals surface area contributed by atoms with Gasteiger partial charge in [0, 0.05) is 30.4 Å². The van der Waals surface area contributed by atoms with Crippen molar-refractivity contribution in [2.45, 2.75) is 18.9 Å². The van der Waals surface area contributed by atoms with E-state index >= 15 is 0 Å². The van der Waals surface area contributed by atoms with E-state index in [1.807, 2.05) is 23.9 Å². The second-order valence-corrected chi connectivity index (χ2v) is 6.80. The number of aryl methyl sites for hydroxylation is 1. The molecule has 130 valence electrons. The number of pyridine rings is 1.